The van der Waals surface area contributed by atoms with Crippen molar-refractivity contribution in [1.29, 1.82) is 0 Å². The van der Waals surface area contributed by atoms with Crippen LogP contribution in [0.2, 0.25) is 0 Å². The SMILES string of the molecule is C=CC[C@@]1(CO)C[C@H](OC(=O)CC)[C@@H]2[C@H](CC=C3CC4(CC[C@]32C)OCCO4)[C@H]1O. The summed E-state index contributed by atoms with van der Waals surface area (Å²) in [6.07, 6.45) is 7.33. The summed E-state index contributed by atoms with van der Waals surface area (Å²) in [5.41, 5.74) is 0.373. The van der Waals surface area contributed by atoms with Crippen molar-refractivity contribution in [3.63, 3.8) is 0 Å². The van der Waals surface area contributed by atoms with Gasteiger partial charge >= 0.3 is 5.97 Å². The number of aliphatic hydroxyl groups is 2. The minimum Gasteiger partial charge on any atom is -0.462 e. The Hall–Kier alpha value is -1.21. The van der Waals surface area contributed by atoms with Crippen LogP contribution in [-0.2, 0) is 19.0 Å². The van der Waals surface area contributed by atoms with Crippen molar-refractivity contribution in [2.45, 2.75) is 76.8 Å². The molecule has 30 heavy (non-hydrogen) atoms. The van der Waals surface area contributed by atoms with Crippen molar-refractivity contribution >= 4 is 5.97 Å². The van der Waals surface area contributed by atoms with E-state index >= 15 is 0 Å². The second kappa shape index (κ2) is 8.05. The third-order valence-electron chi connectivity index (χ3n) is 8.34. The van der Waals surface area contributed by atoms with Crippen LogP contribution in [0.15, 0.2) is 24.3 Å². The van der Waals surface area contributed by atoms with E-state index in [0.717, 1.165) is 19.3 Å². The molecule has 6 atom stereocenters. The van der Waals surface area contributed by atoms with Crippen LogP contribution < -0.4 is 0 Å². The van der Waals surface area contributed by atoms with Gasteiger partial charge in [-0.05, 0) is 37.0 Å². The molecule has 1 saturated heterocycles. The first kappa shape index (κ1) is 22.0. The maximum Gasteiger partial charge on any atom is 0.305 e. The van der Waals surface area contributed by atoms with Gasteiger partial charge in [0, 0.05) is 30.6 Å². The number of carbonyl (C=O) groups is 1. The van der Waals surface area contributed by atoms with Crippen molar-refractivity contribution in [3.8, 4) is 0 Å². The standard InChI is InChI=1S/C24H36O6/c1-4-8-23(15-25)14-18(30-19(26)5-2)20-17(21(23)27)7-6-16-13-24(28-11-12-29-24)10-9-22(16,20)3/h4,6,17-18,20-21,25,27H,1,5,7-15H2,2-3H3/t17-,18-,20-,21+,22+,23-/m0/s1. The van der Waals surface area contributed by atoms with E-state index in [4.69, 9.17) is 14.2 Å². The van der Waals surface area contributed by atoms with Crippen molar-refractivity contribution < 1.29 is 29.2 Å². The zero-order chi connectivity index (χ0) is 21.6. The quantitative estimate of drug-likeness (QED) is 0.525. The van der Waals surface area contributed by atoms with E-state index in [2.05, 4.69) is 19.6 Å². The number of hydrogen-bond acceptors (Lipinski definition) is 6. The first-order valence-electron chi connectivity index (χ1n) is 11.4. The Labute approximate surface area is 179 Å². The Balaban J connectivity index is 1.71. The molecule has 4 aliphatic rings. The summed E-state index contributed by atoms with van der Waals surface area (Å²) in [4.78, 5) is 12.3. The summed E-state index contributed by atoms with van der Waals surface area (Å²) in [7, 11) is 0. The maximum atomic E-state index is 12.3. The number of fused-ring (bicyclic) bond motifs is 3. The number of rotatable bonds is 5. The summed E-state index contributed by atoms with van der Waals surface area (Å²) in [6.45, 7) is 9.00. The third-order valence-corrected chi connectivity index (χ3v) is 8.34. The van der Waals surface area contributed by atoms with Gasteiger partial charge in [0.1, 0.15) is 6.10 Å². The molecule has 3 fully saturated rings. The molecular weight excluding hydrogens is 384 g/mol. The summed E-state index contributed by atoms with van der Waals surface area (Å²) < 4.78 is 18.0. The molecule has 6 heteroatoms. The molecule has 0 amide bonds. The molecule has 3 aliphatic carbocycles. The predicted molar refractivity (Wildman–Crippen MR) is 111 cm³/mol. The number of allylic oxidation sites excluding steroid dienone is 2. The minimum atomic E-state index is -0.725. The molecule has 2 saturated carbocycles. The highest BCUT2D eigenvalue weighted by Gasteiger charge is 2.62. The van der Waals surface area contributed by atoms with Gasteiger partial charge in [-0.15, -0.1) is 6.58 Å². The number of hydrogen-bond donors (Lipinski definition) is 2. The van der Waals surface area contributed by atoms with Crippen LogP contribution in [0.4, 0.5) is 0 Å². The topological polar surface area (TPSA) is 85.2 Å². The zero-order valence-corrected chi connectivity index (χ0v) is 18.3. The van der Waals surface area contributed by atoms with Crippen LogP contribution in [0.5, 0.6) is 0 Å². The lowest BCUT2D eigenvalue weighted by Crippen LogP contribution is -2.61. The minimum absolute atomic E-state index is 0.00578. The Morgan fingerprint density at radius 3 is 2.73 bits per heavy atom. The smallest absolute Gasteiger partial charge is 0.305 e. The second-order valence-electron chi connectivity index (χ2n) is 9.90. The lowest BCUT2D eigenvalue weighted by atomic mass is 9.48. The van der Waals surface area contributed by atoms with Gasteiger partial charge in [-0.1, -0.05) is 31.6 Å². The molecule has 0 aromatic rings. The van der Waals surface area contributed by atoms with E-state index in [1.54, 1.807) is 13.0 Å². The molecular formula is C24H36O6. The van der Waals surface area contributed by atoms with Crippen LogP contribution in [0.25, 0.3) is 0 Å². The van der Waals surface area contributed by atoms with Gasteiger partial charge in [-0.2, -0.15) is 0 Å². The monoisotopic (exact) mass is 420 g/mol. The second-order valence-corrected chi connectivity index (χ2v) is 9.90. The Morgan fingerprint density at radius 1 is 1.37 bits per heavy atom. The summed E-state index contributed by atoms with van der Waals surface area (Å²) in [5, 5.41) is 21.7. The molecule has 1 aliphatic heterocycles. The summed E-state index contributed by atoms with van der Waals surface area (Å²) in [6, 6.07) is 0. The van der Waals surface area contributed by atoms with Gasteiger partial charge in [-0.3, -0.25) is 4.79 Å². The molecule has 0 bridgehead atoms. The fourth-order valence-corrected chi connectivity index (χ4v) is 6.71. The fraction of sp³-hybridized carbons (Fsp3) is 0.792. The van der Waals surface area contributed by atoms with Crippen LogP contribution >= 0.6 is 0 Å². The van der Waals surface area contributed by atoms with Crippen LogP contribution in [0.3, 0.4) is 0 Å². The number of carbonyl (C=O) groups excluding carboxylic acids is 1. The Kier molecular flexibility index (Phi) is 5.90. The van der Waals surface area contributed by atoms with Gasteiger partial charge in [0.2, 0.25) is 0 Å². The molecule has 6 nitrogen and oxygen atoms in total. The lowest BCUT2D eigenvalue weighted by Gasteiger charge is -2.60. The van der Waals surface area contributed by atoms with E-state index in [-0.39, 0.29) is 35.9 Å². The van der Waals surface area contributed by atoms with Crippen LogP contribution in [-0.4, -0.2) is 54.0 Å². The third kappa shape index (κ3) is 3.36. The molecule has 168 valence electrons. The zero-order valence-electron chi connectivity index (χ0n) is 18.3. The van der Waals surface area contributed by atoms with Crippen molar-refractivity contribution in [2.75, 3.05) is 19.8 Å². The molecule has 4 rings (SSSR count). The Bertz CT molecular complexity index is 710. The van der Waals surface area contributed by atoms with E-state index in [9.17, 15) is 15.0 Å². The van der Waals surface area contributed by atoms with Gasteiger partial charge in [-0.25, -0.2) is 0 Å². The van der Waals surface area contributed by atoms with Crippen LogP contribution in [0, 0.1) is 22.7 Å². The van der Waals surface area contributed by atoms with E-state index in [1.165, 1.54) is 5.57 Å². The van der Waals surface area contributed by atoms with E-state index in [1.807, 2.05) is 0 Å². The van der Waals surface area contributed by atoms with Gasteiger partial charge in [0.15, 0.2) is 5.79 Å². The molecule has 0 aromatic carbocycles. The van der Waals surface area contributed by atoms with Crippen LogP contribution in [0.1, 0.15) is 58.8 Å². The first-order valence-corrected chi connectivity index (χ1v) is 11.4. The van der Waals surface area contributed by atoms with Gasteiger partial charge < -0.3 is 24.4 Å². The largest absolute Gasteiger partial charge is 0.462 e. The average molecular weight is 421 g/mol. The highest BCUT2D eigenvalue weighted by atomic mass is 16.7. The van der Waals surface area contributed by atoms with Gasteiger partial charge in [0.25, 0.3) is 0 Å². The average Bonchev–Trinajstić information content (AvgIpc) is 3.19. The van der Waals surface area contributed by atoms with Crippen molar-refractivity contribution in [3.05, 3.63) is 24.3 Å². The van der Waals surface area contributed by atoms with E-state index in [0.29, 0.717) is 38.9 Å². The Morgan fingerprint density at radius 2 is 2.10 bits per heavy atom. The van der Waals surface area contributed by atoms with Crippen molar-refractivity contribution in [1.82, 2.24) is 0 Å². The maximum absolute atomic E-state index is 12.3. The molecule has 0 radical (unpaired) electrons. The highest BCUT2D eigenvalue weighted by Crippen LogP contribution is 2.62. The summed E-state index contributed by atoms with van der Waals surface area (Å²) >= 11 is 0. The number of esters is 1. The lowest BCUT2D eigenvalue weighted by molar-refractivity contribution is -0.213. The fourth-order valence-electron chi connectivity index (χ4n) is 6.71. The normalized spacial score (nSPS) is 42.2. The number of ether oxygens (including phenoxy) is 3. The highest BCUT2D eigenvalue weighted by molar-refractivity contribution is 5.69. The van der Waals surface area contributed by atoms with E-state index < -0.39 is 17.3 Å². The molecule has 1 heterocycles. The molecule has 0 unspecified atom stereocenters. The predicted octanol–water partition coefficient (Wildman–Crippen LogP) is 3.12. The molecule has 1 spiro atoms. The van der Waals surface area contributed by atoms with Crippen molar-refractivity contribution in [2.24, 2.45) is 22.7 Å². The molecule has 0 aromatic heterocycles. The molecule has 2 N–H and O–H groups in total. The summed E-state index contributed by atoms with van der Waals surface area (Å²) in [5.74, 6) is -0.811. The first-order chi connectivity index (χ1) is 14.3. The van der Waals surface area contributed by atoms with Gasteiger partial charge in [0.05, 0.1) is 25.9 Å². The number of aliphatic hydroxyl groups excluding tert-OH is 2.